The van der Waals surface area contributed by atoms with E-state index in [2.05, 4.69) is 0 Å². The van der Waals surface area contributed by atoms with E-state index < -0.39 is 5.97 Å². The van der Waals surface area contributed by atoms with Crippen molar-refractivity contribution in [3.05, 3.63) is 35.9 Å². The second-order valence-corrected chi connectivity index (χ2v) is 4.60. The highest BCUT2D eigenvalue weighted by molar-refractivity contribution is 5.67. The monoisotopic (exact) mass is 233 g/mol. The highest BCUT2D eigenvalue weighted by Gasteiger charge is 2.23. The van der Waals surface area contributed by atoms with Crippen molar-refractivity contribution in [3.8, 4) is 0 Å². The van der Waals surface area contributed by atoms with Crippen molar-refractivity contribution in [2.45, 2.75) is 38.4 Å². The van der Waals surface area contributed by atoms with Crippen LogP contribution in [0.3, 0.4) is 0 Å². The minimum atomic E-state index is -0.932. The predicted octanol–water partition coefficient (Wildman–Crippen LogP) is 1.51. The predicted molar refractivity (Wildman–Crippen MR) is 62.0 cm³/mol. The van der Waals surface area contributed by atoms with Crippen LogP contribution in [-0.2, 0) is 16.1 Å². The van der Waals surface area contributed by atoms with Gasteiger partial charge in [0.15, 0.2) is 0 Å². The minimum Gasteiger partial charge on any atom is -0.550 e. The van der Waals surface area contributed by atoms with Crippen LogP contribution in [0.25, 0.3) is 0 Å². The van der Waals surface area contributed by atoms with Crippen LogP contribution in [0.1, 0.15) is 31.2 Å². The lowest BCUT2D eigenvalue weighted by atomic mass is 9.87. The first kappa shape index (κ1) is 12.1. The van der Waals surface area contributed by atoms with E-state index in [4.69, 9.17) is 4.74 Å². The van der Waals surface area contributed by atoms with Crippen LogP contribution < -0.4 is 5.11 Å². The molecule has 2 atom stereocenters. The lowest BCUT2D eigenvalue weighted by Crippen LogP contribution is -2.36. The molecule has 3 heteroatoms. The Hall–Kier alpha value is -1.35. The molecule has 0 amide bonds. The number of carbonyl (C=O) groups is 1. The maximum absolute atomic E-state index is 10.8. The van der Waals surface area contributed by atoms with Crippen molar-refractivity contribution in [3.63, 3.8) is 0 Å². The molecule has 1 saturated carbocycles. The summed E-state index contributed by atoms with van der Waals surface area (Å²) in [6.45, 7) is 0.561. The number of aliphatic carboxylic acids is 1. The van der Waals surface area contributed by atoms with Crippen LogP contribution in [-0.4, -0.2) is 12.1 Å². The Labute approximate surface area is 101 Å². The number of ether oxygens (including phenoxy) is 1. The zero-order valence-corrected chi connectivity index (χ0v) is 9.80. The maximum Gasteiger partial charge on any atom is 0.0720 e. The molecule has 1 fully saturated rings. The van der Waals surface area contributed by atoms with Gasteiger partial charge >= 0.3 is 0 Å². The first-order valence-electron chi connectivity index (χ1n) is 6.12. The van der Waals surface area contributed by atoms with E-state index in [9.17, 15) is 9.90 Å². The molecule has 0 aromatic heterocycles. The third-order valence-electron chi connectivity index (χ3n) is 3.29. The SMILES string of the molecule is O=C([O-])C1CCC[C@@H](OCc2ccccc2)C1. The van der Waals surface area contributed by atoms with Crippen molar-refractivity contribution in [2.24, 2.45) is 5.92 Å². The number of benzene rings is 1. The van der Waals surface area contributed by atoms with Crippen molar-refractivity contribution in [1.82, 2.24) is 0 Å². The van der Waals surface area contributed by atoms with Gasteiger partial charge in [0.05, 0.1) is 12.7 Å². The smallest absolute Gasteiger partial charge is 0.0720 e. The van der Waals surface area contributed by atoms with Gasteiger partial charge in [-0.15, -0.1) is 0 Å². The Kier molecular flexibility index (Phi) is 4.15. The average Bonchev–Trinajstić information content (AvgIpc) is 2.38. The van der Waals surface area contributed by atoms with Gasteiger partial charge in [0, 0.05) is 11.9 Å². The number of hydrogen-bond donors (Lipinski definition) is 0. The Morgan fingerprint density at radius 3 is 2.76 bits per heavy atom. The van der Waals surface area contributed by atoms with E-state index in [1.807, 2.05) is 30.3 Å². The Morgan fingerprint density at radius 1 is 1.29 bits per heavy atom. The largest absolute Gasteiger partial charge is 0.550 e. The first-order chi connectivity index (χ1) is 8.25. The first-order valence-corrected chi connectivity index (χ1v) is 6.12. The quantitative estimate of drug-likeness (QED) is 0.792. The van der Waals surface area contributed by atoms with E-state index in [0.29, 0.717) is 13.0 Å². The molecule has 3 nitrogen and oxygen atoms in total. The van der Waals surface area contributed by atoms with Gasteiger partial charge in [-0.05, 0) is 24.8 Å². The fourth-order valence-corrected chi connectivity index (χ4v) is 2.30. The molecule has 0 radical (unpaired) electrons. The molecule has 17 heavy (non-hydrogen) atoms. The Balaban J connectivity index is 1.81. The number of carboxylic acids is 1. The highest BCUT2D eigenvalue weighted by atomic mass is 16.5. The van der Waals surface area contributed by atoms with Crippen LogP contribution in [0.4, 0.5) is 0 Å². The summed E-state index contributed by atoms with van der Waals surface area (Å²) in [5.74, 6) is -1.26. The van der Waals surface area contributed by atoms with Crippen molar-refractivity contribution < 1.29 is 14.6 Å². The fraction of sp³-hybridized carbons (Fsp3) is 0.500. The summed E-state index contributed by atoms with van der Waals surface area (Å²) in [5.41, 5.74) is 1.13. The number of rotatable bonds is 4. The standard InChI is InChI=1S/C14H18O3/c15-14(16)12-7-4-8-13(9-12)17-10-11-5-2-1-3-6-11/h1-3,5-6,12-13H,4,7-10H2,(H,15,16)/p-1/t12?,13-/m1/s1. The van der Waals surface area contributed by atoms with Gasteiger partial charge in [0.25, 0.3) is 0 Å². The van der Waals surface area contributed by atoms with Gasteiger partial charge < -0.3 is 14.6 Å². The van der Waals surface area contributed by atoms with Gasteiger partial charge in [0.2, 0.25) is 0 Å². The molecule has 0 aliphatic heterocycles. The summed E-state index contributed by atoms with van der Waals surface area (Å²) in [4.78, 5) is 10.8. The summed E-state index contributed by atoms with van der Waals surface area (Å²) in [5, 5.41) is 10.8. The Bertz CT molecular complexity index is 361. The van der Waals surface area contributed by atoms with E-state index in [0.717, 1.165) is 24.8 Å². The number of carboxylic acid groups (broad SMARTS) is 1. The molecule has 0 spiro atoms. The fourth-order valence-electron chi connectivity index (χ4n) is 2.30. The van der Waals surface area contributed by atoms with Crippen molar-refractivity contribution in [2.75, 3.05) is 0 Å². The zero-order chi connectivity index (χ0) is 12.1. The molecular formula is C14H17O3-. The molecule has 2 rings (SSSR count). The van der Waals surface area contributed by atoms with Crippen LogP contribution in [0.2, 0.25) is 0 Å². The van der Waals surface area contributed by atoms with Gasteiger partial charge in [-0.25, -0.2) is 0 Å². The molecule has 92 valence electrons. The van der Waals surface area contributed by atoms with Crippen molar-refractivity contribution in [1.29, 1.82) is 0 Å². The van der Waals surface area contributed by atoms with E-state index in [1.54, 1.807) is 0 Å². The number of hydrogen-bond acceptors (Lipinski definition) is 3. The maximum atomic E-state index is 10.8. The molecule has 1 aromatic rings. The topological polar surface area (TPSA) is 49.4 Å². The number of carbonyl (C=O) groups excluding carboxylic acids is 1. The molecular weight excluding hydrogens is 216 g/mol. The summed E-state index contributed by atoms with van der Waals surface area (Å²) in [6.07, 6.45) is 3.25. The van der Waals surface area contributed by atoms with Gasteiger partial charge in [-0.3, -0.25) is 0 Å². The second-order valence-electron chi connectivity index (χ2n) is 4.60. The third kappa shape index (κ3) is 3.56. The van der Waals surface area contributed by atoms with Gasteiger partial charge in [-0.2, -0.15) is 0 Å². The van der Waals surface area contributed by atoms with E-state index in [-0.39, 0.29) is 12.0 Å². The van der Waals surface area contributed by atoms with Gasteiger partial charge in [0.1, 0.15) is 0 Å². The average molecular weight is 233 g/mol. The van der Waals surface area contributed by atoms with Crippen molar-refractivity contribution >= 4 is 5.97 Å². The molecule has 1 aliphatic rings. The lowest BCUT2D eigenvalue weighted by molar-refractivity contribution is -0.313. The van der Waals surface area contributed by atoms with E-state index in [1.165, 1.54) is 0 Å². The molecule has 1 aliphatic carbocycles. The van der Waals surface area contributed by atoms with Crippen LogP contribution in [0, 0.1) is 5.92 Å². The van der Waals surface area contributed by atoms with Crippen LogP contribution in [0.5, 0.6) is 0 Å². The summed E-state index contributed by atoms with van der Waals surface area (Å²) < 4.78 is 5.76. The molecule has 1 aromatic carbocycles. The second kappa shape index (κ2) is 5.82. The Morgan fingerprint density at radius 2 is 2.06 bits per heavy atom. The normalized spacial score (nSPS) is 24.5. The molecule has 0 heterocycles. The molecule has 0 saturated heterocycles. The van der Waals surface area contributed by atoms with Crippen LogP contribution in [0.15, 0.2) is 30.3 Å². The minimum absolute atomic E-state index is 0.0619. The van der Waals surface area contributed by atoms with E-state index >= 15 is 0 Å². The van der Waals surface area contributed by atoms with Gasteiger partial charge in [-0.1, -0.05) is 36.8 Å². The summed E-state index contributed by atoms with van der Waals surface area (Å²) in [7, 11) is 0. The zero-order valence-electron chi connectivity index (χ0n) is 9.80. The summed E-state index contributed by atoms with van der Waals surface area (Å²) in [6, 6.07) is 9.95. The molecule has 0 N–H and O–H groups in total. The van der Waals surface area contributed by atoms with Crippen LogP contribution >= 0.6 is 0 Å². The molecule has 1 unspecified atom stereocenters. The molecule has 0 bridgehead atoms. The summed E-state index contributed by atoms with van der Waals surface area (Å²) >= 11 is 0. The lowest BCUT2D eigenvalue weighted by Gasteiger charge is -2.29. The third-order valence-corrected chi connectivity index (χ3v) is 3.29. The highest BCUT2D eigenvalue weighted by Crippen LogP contribution is 2.26.